The molecule has 108 valence electrons. The predicted octanol–water partition coefficient (Wildman–Crippen LogP) is 2.75. The molecule has 0 saturated heterocycles. The van der Waals surface area contributed by atoms with Gasteiger partial charge in [-0.15, -0.1) is 0 Å². The first kappa shape index (κ1) is 13.6. The van der Waals surface area contributed by atoms with Crippen LogP contribution in [0.25, 0.3) is 0 Å². The number of nitrogens with zero attached hydrogens (tertiary/aromatic N) is 1. The van der Waals surface area contributed by atoms with Crippen LogP contribution in [0.3, 0.4) is 0 Å². The molecular weight excluding hydrogens is 264 g/mol. The normalized spacial score (nSPS) is 17.2. The summed E-state index contributed by atoms with van der Waals surface area (Å²) in [7, 11) is 1.58. The van der Waals surface area contributed by atoms with Crippen molar-refractivity contribution in [3.8, 4) is 5.75 Å². The highest BCUT2D eigenvalue weighted by atomic mass is 16.5. The number of ether oxygens (including phenoxy) is 1. The third-order valence-electron chi connectivity index (χ3n) is 3.87. The highest BCUT2D eigenvalue weighted by Gasteiger charge is 2.28. The molecule has 2 aromatic carbocycles. The van der Waals surface area contributed by atoms with Crippen LogP contribution < -0.4 is 15.4 Å². The second-order valence-electron chi connectivity index (χ2n) is 5.11. The van der Waals surface area contributed by atoms with Gasteiger partial charge in [-0.25, -0.2) is 0 Å². The number of carbonyl (C=O) groups excluding carboxylic acids is 1. The lowest BCUT2D eigenvalue weighted by molar-refractivity contribution is 0.0981. The first-order valence-corrected chi connectivity index (χ1v) is 7.01. The molecule has 2 N–H and O–H groups in total. The summed E-state index contributed by atoms with van der Waals surface area (Å²) < 4.78 is 5.29. The molecule has 0 aliphatic carbocycles. The molecule has 0 fully saturated rings. The molecular formula is C17H18N2O2. The van der Waals surface area contributed by atoms with E-state index in [0.717, 1.165) is 17.7 Å². The van der Waals surface area contributed by atoms with E-state index in [1.807, 2.05) is 36.4 Å². The largest absolute Gasteiger partial charge is 0.496 e. The second kappa shape index (κ2) is 5.58. The van der Waals surface area contributed by atoms with Gasteiger partial charge in [0.25, 0.3) is 5.91 Å². The van der Waals surface area contributed by atoms with Crippen LogP contribution in [0.15, 0.2) is 48.5 Å². The molecule has 0 aromatic heterocycles. The summed E-state index contributed by atoms with van der Waals surface area (Å²) in [4.78, 5) is 14.6. The van der Waals surface area contributed by atoms with Gasteiger partial charge in [-0.1, -0.05) is 30.3 Å². The third-order valence-corrected chi connectivity index (χ3v) is 3.87. The fraction of sp³-hybridized carbons (Fsp3) is 0.235. The molecule has 1 heterocycles. The van der Waals surface area contributed by atoms with Crippen molar-refractivity contribution in [1.29, 1.82) is 0 Å². The van der Waals surface area contributed by atoms with Gasteiger partial charge in [0.2, 0.25) is 0 Å². The standard InChI is InChI=1S/C17H18N2O2/c1-21-16-9-5-3-7-13(16)17(20)19-11-10-14(18)12-6-2-4-8-15(12)19/h2-9,14H,10-11,18H2,1H3. The zero-order valence-corrected chi connectivity index (χ0v) is 12.0. The molecule has 4 heteroatoms. The number of carbonyl (C=O) groups is 1. The minimum atomic E-state index is -0.0493. The van der Waals surface area contributed by atoms with Gasteiger partial charge in [-0.3, -0.25) is 4.79 Å². The summed E-state index contributed by atoms with van der Waals surface area (Å²) in [6.07, 6.45) is 0.762. The average Bonchev–Trinajstić information content (AvgIpc) is 2.55. The molecule has 1 atom stereocenters. The molecule has 21 heavy (non-hydrogen) atoms. The van der Waals surface area contributed by atoms with Crippen LogP contribution in [-0.4, -0.2) is 19.6 Å². The van der Waals surface area contributed by atoms with E-state index in [4.69, 9.17) is 10.5 Å². The highest BCUT2D eigenvalue weighted by molar-refractivity contribution is 6.08. The second-order valence-corrected chi connectivity index (χ2v) is 5.11. The van der Waals surface area contributed by atoms with Crippen LogP contribution in [0.2, 0.25) is 0 Å². The Hall–Kier alpha value is -2.33. The number of fused-ring (bicyclic) bond motifs is 1. The Balaban J connectivity index is 2.01. The number of para-hydroxylation sites is 2. The number of hydrogen-bond donors (Lipinski definition) is 1. The van der Waals surface area contributed by atoms with Crippen LogP contribution in [0.5, 0.6) is 5.75 Å². The number of benzene rings is 2. The summed E-state index contributed by atoms with van der Waals surface area (Å²) >= 11 is 0. The van der Waals surface area contributed by atoms with Crippen LogP contribution in [0, 0.1) is 0 Å². The Morgan fingerprint density at radius 3 is 2.71 bits per heavy atom. The molecule has 0 spiro atoms. The van der Waals surface area contributed by atoms with Gasteiger partial charge in [0.15, 0.2) is 0 Å². The van der Waals surface area contributed by atoms with Crippen molar-refractivity contribution in [2.45, 2.75) is 12.5 Å². The molecule has 0 saturated carbocycles. The van der Waals surface area contributed by atoms with E-state index in [-0.39, 0.29) is 11.9 Å². The Morgan fingerprint density at radius 1 is 1.19 bits per heavy atom. The lowest BCUT2D eigenvalue weighted by Crippen LogP contribution is -2.38. The monoisotopic (exact) mass is 282 g/mol. The molecule has 3 rings (SSSR count). The Bertz CT molecular complexity index is 669. The Morgan fingerprint density at radius 2 is 1.90 bits per heavy atom. The number of hydrogen-bond acceptors (Lipinski definition) is 3. The quantitative estimate of drug-likeness (QED) is 0.921. The fourth-order valence-corrected chi connectivity index (χ4v) is 2.77. The Kier molecular flexibility index (Phi) is 3.62. The number of amides is 1. The molecule has 1 unspecified atom stereocenters. The molecule has 0 radical (unpaired) electrons. The lowest BCUT2D eigenvalue weighted by atomic mass is 9.96. The maximum Gasteiger partial charge on any atom is 0.262 e. The molecule has 4 nitrogen and oxygen atoms in total. The predicted molar refractivity (Wildman–Crippen MR) is 82.7 cm³/mol. The average molecular weight is 282 g/mol. The van der Waals surface area contributed by atoms with E-state index in [9.17, 15) is 4.79 Å². The van der Waals surface area contributed by atoms with E-state index in [1.54, 1.807) is 24.1 Å². The molecule has 2 aromatic rings. The molecule has 1 aliphatic heterocycles. The van der Waals surface area contributed by atoms with E-state index < -0.39 is 0 Å². The van der Waals surface area contributed by atoms with Crippen molar-refractivity contribution in [3.05, 3.63) is 59.7 Å². The molecule has 0 bridgehead atoms. The lowest BCUT2D eigenvalue weighted by Gasteiger charge is -2.33. The summed E-state index contributed by atoms with van der Waals surface area (Å²) in [6.45, 7) is 0.620. The van der Waals surface area contributed by atoms with Crippen molar-refractivity contribution in [2.75, 3.05) is 18.6 Å². The van der Waals surface area contributed by atoms with Gasteiger partial charge in [-0.05, 0) is 30.2 Å². The van der Waals surface area contributed by atoms with E-state index in [0.29, 0.717) is 17.9 Å². The minimum absolute atomic E-state index is 0.0112. The Labute approximate surface area is 124 Å². The molecule has 1 aliphatic rings. The zero-order chi connectivity index (χ0) is 14.8. The number of methoxy groups -OCH3 is 1. The van der Waals surface area contributed by atoms with Crippen molar-refractivity contribution in [1.82, 2.24) is 0 Å². The van der Waals surface area contributed by atoms with Crippen LogP contribution in [0.4, 0.5) is 5.69 Å². The van der Waals surface area contributed by atoms with Gasteiger partial charge < -0.3 is 15.4 Å². The smallest absolute Gasteiger partial charge is 0.262 e. The van der Waals surface area contributed by atoms with Crippen LogP contribution in [0.1, 0.15) is 28.4 Å². The summed E-state index contributed by atoms with van der Waals surface area (Å²) in [5, 5.41) is 0. The SMILES string of the molecule is COc1ccccc1C(=O)N1CCC(N)c2ccccc21. The topological polar surface area (TPSA) is 55.6 Å². The van der Waals surface area contributed by atoms with Gasteiger partial charge >= 0.3 is 0 Å². The maximum atomic E-state index is 12.9. The molecule has 1 amide bonds. The number of rotatable bonds is 2. The first-order valence-electron chi connectivity index (χ1n) is 7.01. The van der Waals surface area contributed by atoms with E-state index >= 15 is 0 Å². The van der Waals surface area contributed by atoms with Crippen molar-refractivity contribution >= 4 is 11.6 Å². The fourth-order valence-electron chi connectivity index (χ4n) is 2.77. The summed E-state index contributed by atoms with van der Waals surface area (Å²) in [5.41, 5.74) is 8.63. The van der Waals surface area contributed by atoms with Crippen molar-refractivity contribution < 1.29 is 9.53 Å². The van der Waals surface area contributed by atoms with Gasteiger partial charge in [0.1, 0.15) is 5.75 Å². The summed E-state index contributed by atoms with van der Waals surface area (Å²) in [6, 6.07) is 15.1. The minimum Gasteiger partial charge on any atom is -0.496 e. The summed E-state index contributed by atoms with van der Waals surface area (Å²) in [5.74, 6) is 0.543. The van der Waals surface area contributed by atoms with Crippen molar-refractivity contribution in [2.24, 2.45) is 5.73 Å². The zero-order valence-electron chi connectivity index (χ0n) is 12.0. The van der Waals surface area contributed by atoms with Crippen LogP contribution in [-0.2, 0) is 0 Å². The first-order chi connectivity index (χ1) is 10.2. The van der Waals surface area contributed by atoms with Gasteiger partial charge in [0, 0.05) is 18.3 Å². The van der Waals surface area contributed by atoms with Crippen LogP contribution >= 0.6 is 0 Å². The number of nitrogens with two attached hydrogens (primary N) is 1. The van der Waals surface area contributed by atoms with E-state index in [2.05, 4.69) is 0 Å². The number of anilines is 1. The van der Waals surface area contributed by atoms with E-state index in [1.165, 1.54) is 0 Å². The third kappa shape index (κ3) is 2.38. The maximum absolute atomic E-state index is 12.9. The van der Waals surface area contributed by atoms with Gasteiger partial charge in [-0.2, -0.15) is 0 Å². The highest BCUT2D eigenvalue weighted by Crippen LogP contribution is 2.34. The van der Waals surface area contributed by atoms with Crippen molar-refractivity contribution in [3.63, 3.8) is 0 Å². The van der Waals surface area contributed by atoms with Gasteiger partial charge in [0.05, 0.1) is 12.7 Å².